The van der Waals surface area contributed by atoms with Crippen LogP contribution in [0.5, 0.6) is 5.75 Å². The molecule has 0 saturated heterocycles. The lowest BCUT2D eigenvalue weighted by atomic mass is 10.1. The second-order valence-electron chi connectivity index (χ2n) is 3.73. The van der Waals surface area contributed by atoms with Gasteiger partial charge in [0, 0.05) is 6.61 Å². The van der Waals surface area contributed by atoms with E-state index in [0.717, 1.165) is 24.6 Å². The highest BCUT2D eigenvalue weighted by atomic mass is 16.5. The van der Waals surface area contributed by atoms with E-state index >= 15 is 0 Å². The van der Waals surface area contributed by atoms with Crippen molar-refractivity contribution < 1.29 is 9.47 Å². The molecule has 0 amide bonds. The zero-order valence-corrected chi connectivity index (χ0v) is 9.25. The predicted octanol–water partition coefficient (Wildman–Crippen LogP) is 2.20. The molecule has 0 spiro atoms. The molecule has 15 heavy (non-hydrogen) atoms. The molecule has 1 aliphatic rings. The fourth-order valence-electron chi connectivity index (χ4n) is 1.74. The Morgan fingerprint density at radius 2 is 2.40 bits per heavy atom. The number of anilines is 1. The molecule has 0 saturated carbocycles. The first-order chi connectivity index (χ1) is 7.31. The monoisotopic (exact) mass is 207 g/mol. The predicted molar refractivity (Wildman–Crippen MR) is 60.6 cm³/mol. The number of benzene rings is 1. The maximum atomic E-state index is 5.83. The van der Waals surface area contributed by atoms with Crippen LogP contribution in [0.3, 0.4) is 0 Å². The van der Waals surface area contributed by atoms with Crippen LogP contribution in [-0.4, -0.2) is 25.9 Å². The zero-order valence-electron chi connectivity index (χ0n) is 9.25. The summed E-state index contributed by atoms with van der Waals surface area (Å²) in [6.45, 7) is 6.28. The molecule has 2 rings (SSSR count). The van der Waals surface area contributed by atoms with Crippen molar-refractivity contribution in [2.24, 2.45) is 0 Å². The highest BCUT2D eigenvalue weighted by Gasteiger charge is 2.19. The second-order valence-corrected chi connectivity index (χ2v) is 3.73. The Balaban J connectivity index is 2.07. The van der Waals surface area contributed by atoms with Crippen LogP contribution in [-0.2, 0) is 4.74 Å². The molecule has 1 aliphatic heterocycles. The third-order valence-electron chi connectivity index (χ3n) is 2.54. The van der Waals surface area contributed by atoms with E-state index in [2.05, 4.69) is 18.3 Å². The van der Waals surface area contributed by atoms with E-state index in [1.54, 1.807) is 0 Å². The van der Waals surface area contributed by atoms with E-state index < -0.39 is 0 Å². The highest BCUT2D eigenvalue weighted by Crippen LogP contribution is 2.31. The molecule has 1 aromatic carbocycles. The average Bonchev–Trinajstić information content (AvgIpc) is 2.26. The van der Waals surface area contributed by atoms with Crippen LogP contribution in [0.25, 0.3) is 0 Å². The van der Waals surface area contributed by atoms with Crippen LogP contribution in [0, 0.1) is 6.92 Å². The van der Waals surface area contributed by atoms with Crippen LogP contribution in [0.1, 0.15) is 12.5 Å². The van der Waals surface area contributed by atoms with Gasteiger partial charge in [-0.3, -0.25) is 0 Å². The molecule has 0 aromatic heterocycles. The molecule has 0 bridgehead atoms. The Hall–Kier alpha value is -1.22. The molecule has 1 aromatic rings. The summed E-state index contributed by atoms with van der Waals surface area (Å²) < 4.78 is 11.2. The molecule has 0 fully saturated rings. The number of hydrogen-bond acceptors (Lipinski definition) is 3. The van der Waals surface area contributed by atoms with Crippen LogP contribution < -0.4 is 10.1 Å². The first-order valence-corrected chi connectivity index (χ1v) is 5.39. The number of hydrogen-bond donors (Lipinski definition) is 1. The standard InChI is InChI=1S/C12H17NO2/c1-3-14-8-10-7-13-12-9(2)5-4-6-11(12)15-10/h4-6,10,13H,3,7-8H2,1-2H3. The van der Waals surface area contributed by atoms with Crippen molar-refractivity contribution in [2.75, 3.05) is 25.1 Å². The third kappa shape index (κ3) is 2.23. The van der Waals surface area contributed by atoms with E-state index in [9.17, 15) is 0 Å². The summed E-state index contributed by atoms with van der Waals surface area (Å²) in [6.07, 6.45) is 0.124. The minimum absolute atomic E-state index is 0.124. The van der Waals surface area contributed by atoms with Crippen LogP contribution in [0.4, 0.5) is 5.69 Å². The molecule has 1 heterocycles. The van der Waals surface area contributed by atoms with Crippen LogP contribution in [0.2, 0.25) is 0 Å². The first-order valence-electron chi connectivity index (χ1n) is 5.39. The Morgan fingerprint density at radius 3 is 3.20 bits per heavy atom. The fraction of sp³-hybridized carbons (Fsp3) is 0.500. The van der Waals surface area contributed by atoms with Crippen LogP contribution in [0.15, 0.2) is 18.2 Å². The van der Waals surface area contributed by atoms with Crippen molar-refractivity contribution in [2.45, 2.75) is 20.0 Å². The molecule has 3 nitrogen and oxygen atoms in total. The number of para-hydroxylation sites is 1. The number of rotatable bonds is 3. The molecule has 0 aliphatic carbocycles. The number of fused-ring (bicyclic) bond motifs is 1. The quantitative estimate of drug-likeness (QED) is 0.824. The highest BCUT2D eigenvalue weighted by molar-refractivity contribution is 5.62. The summed E-state index contributed by atoms with van der Waals surface area (Å²) in [6, 6.07) is 6.09. The van der Waals surface area contributed by atoms with Gasteiger partial charge in [-0.2, -0.15) is 0 Å². The molecular formula is C12H17NO2. The Labute approximate surface area is 90.4 Å². The molecule has 82 valence electrons. The van der Waals surface area contributed by atoms with E-state index in [1.807, 2.05) is 19.1 Å². The Morgan fingerprint density at radius 1 is 1.53 bits per heavy atom. The molecule has 1 N–H and O–H groups in total. The Kier molecular flexibility index (Phi) is 3.11. The van der Waals surface area contributed by atoms with Crippen LogP contribution >= 0.6 is 0 Å². The number of ether oxygens (including phenoxy) is 2. The van der Waals surface area contributed by atoms with Gasteiger partial charge in [0.25, 0.3) is 0 Å². The largest absolute Gasteiger partial charge is 0.484 e. The van der Waals surface area contributed by atoms with Gasteiger partial charge in [-0.05, 0) is 25.5 Å². The molecular weight excluding hydrogens is 190 g/mol. The van der Waals surface area contributed by atoms with E-state index in [0.29, 0.717) is 6.61 Å². The minimum atomic E-state index is 0.124. The summed E-state index contributed by atoms with van der Waals surface area (Å²) >= 11 is 0. The topological polar surface area (TPSA) is 30.5 Å². The van der Waals surface area contributed by atoms with Gasteiger partial charge in [-0.25, -0.2) is 0 Å². The van der Waals surface area contributed by atoms with Gasteiger partial charge in [0.1, 0.15) is 11.9 Å². The lowest BCUT2D eigenvalue weighted by molar-refractivity contribution is 0.0598. The first kappa shape index (κ1) is 10.3. The van der Waals surface area contributed by atoms with E-state index in [1.165, 1.54) is 5.56 Å². The van der Waals surface area contributed by atoms with Crippen molar-refractivity contribution >= 4 is 5.69 Å². The maximum absolute atomic E-state index is 5.83. The summed E-state index contributed by atoms with van der Waals surface area (Å²) in [7, 11) is 0. The van der Waals surface area contributed by atoms with E-state index in [-0.39, 0.29) is 6.10 Å². The summed E-state index contributed by atoms with van der Waals surface area (Å²) in [5, 5.41) is 3.38. The molecule has 0 radical (unpaired) electrons. The van der Waals surface area contributed by atoms with Crippen molar-refractivity contribution in [3.8, 4) is 5.75 Å². The zero-order chi connectivity index (χ0) is 10.7. The van der Waals surface area contributed by atoms with Gasteiger partial charge >= 0.3 is 0 Å². The molecule has 1 unspecified atom stereocenters. The van der Waals surface area contributed by atoms with Crippen molar-refractivity contribution in [1.82, 2.24) is 0 Å². The Bertz CT molecular complexity index is 338. The summed E-state index contributed by atoms with van der Waals surface area (Å²) in [4.78, 5) is 0. The average molecular weight is 207 g/mol. The SMILES string of the molecule is CCOCC1CNc2c(C)cccc2O1. The van der Waals surface area contributed by atoms with Gasteiger partial charge < -0.3 is 14.8 Å². The smallest absolute Gasteiger partial charge is 0.143 e. The van der Waals surface area contributed by atoms with Crippen molar-refractivity contribution in [1.29, 1.82) is 0 Å². The van der Waals surface area contributed by atoms with Crippen molar-refractivity contribution in [3.63, 3.8) is 0 Å². The van der Waals surface area contributed by atoms with Gasteiger partial charge in [-0.1, -0.05) is 12.1 Å². The van der Waals surface area contributed by atoms with Gasteiger partial charge in [0.2, 0.25) is 0 Å². The lowest BCUT2D eigenvalue weighted by Crippen LogP contribution is -2.35. The summed E-state index contributed by atoms with van der Waals surface area (Å²) in [5.41, 5.74) is 2.34. The van der Waals surface area contributed by atoms with Crippen molar-refractivity contribution in [3.05, 3.63) is 23.8 Å². The molecule has 3 heteroatoms. The minimum Gasteiger partial charge on any atom is -0.484 e. The fourth-order valence-corrected chi connectivity index (χ4v) is 1.74. The van der Waals surface area contributed by atoms with E-state index in [4.69, 9.17) is 9.47 Å². The normalized spacial score (nSPS) is 18.9. The summed E-state index contributed by atoms with van der Waals surface area (Å²) in [5.74, 6) is 0.936. The lowest BCUT2D eigenvalue weighted by Gasteiger charge is -2.28. The van der Waals surface area contributed by atoms with Gasteiger partial charge in [0.05, 0.1) is 18.8 Å². The number of nitrogens with one attached hydrogen (secondary N) is 1. The molecule has 1 atom stereocenters. The maximum Gasteiger partial charge on any atom is 0.143 e. The number of aryl methyl sites for hydroxylation is 1. The van der Waals surface area contributed by atoms with Gasteiger partial charge in [0.15, 0.2) is 0 Å². The second kappa shape index (κ2) is 4.53. The van der Waals surface area contributed by atoms with Gasteiger partial charge in [-0.15, -0.1) is 0 Å². The third-order valence-corrected chi connectivity index (χ3v) is 2.54.